The Morgan fingerprint density at radius 1 is 1.06 bits per heavy atom. The highest BCUT2D eigenvalue weighted by atomic mass is 19.1. The van der Waals surface area contributed by atoms with Crippen molar-refractivity contribution in [3.8, 4) is 16.9 Å². The number of fused-ring (bicyclic) bond motifs is 1. The smallest absolute Gasteiger partial charge is 0.310 e. The number of carbonyl (C=O) groups excluding carboxylic acids is 1. The van der Waals surface area contributed by atoms with Gasteiger partial charge in [-0.1, -0.05) is 36.4 Å². The lowest BCUT2D eigenvalue weighted by Crippen LogP contribution is -2.09. The van der Waals surface area contributed by atoms with Crippen LogP contribution in [0, 0.1) is 11.7 Å². The monoisotopic (exact) mass is 486 g/mol. The molecule has 186 valence electrons. The Hall–Kier alpha value is -3.64. The van der Waals surface area contributed by atoms with Crippen molar-refractivity contribution in [3.05, 3.63) is 89.4 Å². The second kappa shape index (κ2) is 10.5. The van der Waals surface area contributed by atoms with Crippen LogP contribution in [0.2, 0.25) is 0 Å². The van der Waals surface area contributed by atoms with E-state index in [9.17, 15) is 4.79 Å². The molecular formula is C30H31FN2O3. The molecule has 36 heavy (non-hydrogen) atoms. The van der Waals surface area contributed by atoms with Gasteiger partial charge < -0.3 is 19.8 Å². The van der Waals surface area contributed by atoms with E-state index >= 15 is 4.39 Å². The van der Waals surface area contributed by atoms with Crippen molar-refractivity contribution >= 4 is 16.9 Å². The number of para-hydroxylation sites is 1. The van der Waals surface area contributed by atoms with Gasteiger partial charge in [-0.15, -0.1) is 0 Å². The molecule has 1 aliphatic rings. The Morgan fingerprint density at radius 3 is 2.64 bits per heavy atom. The highest BCUT2D eigenvalue weighted by Gasteiger charge is 2.23. The topological polar surface area (TPSA) is 66.5 Å². The zero-order valence-electron chi connectivity index (χ0n) is 20.5. The number of carbonyl (C=O) groups is 1. The summed E-state index contributed by atoms with van der Waals surface area (Å²) in [5.41, 5.74) is 10.4. The van der Waals surface area contributed by atoms with E-state index in [1.54, 1.807) is 19.1 Å². The Labute approximate surface area is 210 Å². The number of rotatable bonds is 10. The van der Waals surface area contributed by atoms with Gasteiger partial charge in [-0.05, 0) is 61.1 Å². The van der Waals surface area contributed by atoms with Gasteiger partial charge in [0.15, 0.2) is 0 Å². The van der Waals surface area contributed by atoms with Crippen LogP contribution in [0.1, 0.15) is 36.5 Å². The highest BCUT2D eigenvalue weighted by Crippen LogP contribution is 2.37. The summed E-state index contributed by atoms with van der Waals surface area (Å²) >= 11 is 0. The third-order valence-corrected chi connectivity index (χ3v) is 6.70. The third-order valence-electron chi connectivity index (χ3n) is 6.70. The molecule has 0 spiro atoms. The average molecular weight is 487 g/mol. The minimum atomic E-state index is -0.287. The summed E-state index contributed by atoms with van der Waals surface area (Å²) < 4.78 is 28.9. The molecule has 1 heterocycles. The fourth-order valence-corrected chi connectivity index (χ4v) is 4.66. The number of benzene rings is 3. The second-order valence-electron chi connectivity index (χ2n) is 9.35. The molecule has 1 aromatic heterocycles. The number of ether oxygens (including phenoxy) is 2. The van der Waals surface area contributed by atoms with E-state index in [1.807, 2.05) is 36.4 Å². The number of hydrogen-bond acceptors (Lipinski definition) is 4. The molecule has 1 aliphatic carbocycles. The largest absolute Gasteiger partial charge is 0.489 e. The molecule has 0 unspecified atom stereocenters. The summed E-state index contributed by atoms with van der Waals surface area (Å²) in [4.78, 5) is 12.0. The summed E-state index contributed by atoms with van der Waals surface area (Å²) in [5, 5.41) is 1.01. The van der Waals surface area contributed by atoms with Crippen LogP contribution in [0.4, 0.5) is 4.39 Å². The van der Waals surface area contributed by atoms with Gasteiger partial charge in [0.2, 0.25) is 0 Å². The number of nitrogens with two attached hydrogens (primary N) is 1. The van der Waals surface area contributed by atoms with Crippen molar-refractivity contribution in [2.45, 2.75) is 45.9 Å². The summed E-state index contributed by atoms with van der Waals surface area (Å²) in [6.07, 6.45) is 4.74. The molecule has 1 fully saturated rings. The van der Waals surface area contributed by atoms with Crippen LogP contribution in [0.3, 0.4) is 0 Å². The van der Waals surface area contributed by atoms with Crippen molar-refractivity contribution in [1.29, 1.82) is 0 Å². The van der Waals surface area contributed by atoms with Gasteiger partial charge in [-0.2, -0.15) is 0 Å². The quantitative estimate of drug-likeness (QED) is 0.279. The number of aromatic nitrogens is 1. The minimum Gasteiger partial charge on any atom is -0.489 e. The van der Waals surface area contributed by atoms with Gasteiger partial charge in [0, 0.05) is 46.9 Å². The van der Waals surface area contributed by atoms with Crippen molar-refractivity contribution in [2.75, 3.05) is 6.61 Å². The third kappa shape index (κ3) is 5.14. The lowest BCUT2D eigenvalue weighted by atomic mass is 9.97. The van der Waals surface area contributed by atoms with Crippen molar-refractivity contribution in [3.63, 3.8) is 0 Å². The van der Waals surface area contributed by atoms with Gasteiger partial charge >= 0.3 is 5.97 Å². The molecule has 5 nitrogen and oxygen atoms in total. The van der Waals surface area contributed by atoms with E-state index in [1.165, 1.54) is 12.8 Å². The molecule has 3 aromatic carbocycles. The molecule has 4 aromatic rings. The molecule has 0 atom stereocenters. The molecule has 6 heteroatoms. The zero-order valence-corrected chi connectivity index (χ0v) is 20.5. The van der Waals surface area contributed by atoms with E-state index in [4.69, 9.17) is 15.2 Å². The first-order valence-corrected chi connectivity index (χ1v) is 12.5. The van der Waals surface area contributed by atoms with Crippen LogP contribution in [-0.2, 0) is 35.6 Å². The summed E-state index contributed by atoms with van der Waals surface area (Å²) in [6, 6.07) is 19.1. The Bertz CT molecular complexity index is 1390. The predicted molar refractivity (Wildman–Crippen MR) is 139 cm³/mol. The predicted octanol–water partition coefficient (Wildman–Crippen LogP) is 6.00. The second-order valence-corrected chi connectivity index (χ2v) is 9.35. The Kier molecular flexibility index (Phi) is 7.05. The maximum absolute atomic E-state index is 15.4. The van der Waals surface area contributed by atoms with Gasteiger partial charge in [0.25, 0.3) is 0 Å². The fourth-order valence-electron chi connectivity index (χ4n) is 4.66. The van der Waals surface area contributed by atoms with E-state index in [-0.39, 0.29) is 31.4 Å². The lowest BCUT2D eigenvalue weighted by molar-refractivity contribution is -0.142. The van der Waals surface area contributed by atoms with Crippen LogP contribution in [0.5, 0.6) is 5.75 Å². The van der Waals surface area contributed by atoms with Crippen LogP contribution < -0.4 is 10.5 Å². The average Bonchev–Trinajstić information content (AvgIpc) is 3.61. The Balaban J connectivity index is 1.51. The molecule has 0 radical (unpaired) electrons. The van der Waals surface area contributed by atoms with E-state index in [0.29, 0.717) is 29.4 Å². The molecule has 0 bridgehead atoms. The molecule has 1 saturated carbocycles. The number of esters is 1. The molecule has 0 amide bonds. The SMILES string of the molecule is CCOC(=O)Cc1ccccc1OCc1cc(-c2cccc(CN)c2F)c2ccn(CC3CC3)c2c1. The van der Waals surface area contributed by atoms with Crippen molar-refractivity contribution < 1.29 is 18.7 Å². The van der Waals surface area contributed by atoms with Crippen molar-refractivity contribution in [1.82, 2.24) is 4.57 Å². The van der Waals surface area contributed by atoms with Gasteiger partial charge in [-0.25, -0.2) is 4.39 Å². The van der Waals surface area contributed by atoms with Crippen LogP contribution in [-0.4, -0.2) is 17.1 Å². The van der Waals surface area contributed by atoms with E-state index in [2.05, 4.69) is 22.9 Å². The zero-order chi connectivity index (χ0) is 25.1. The van der Waals surface area contributed by atoms with Crippen LogP contribution in [0.15, 0.2) is 66.9 Å². The maximum Gasteiger partial charge on any atom is 0.310 e. The molecule has 0 saturated heterocycles. The number of hydrogen-bond donors (Lipinski definition) is 1. The fraction of sp³-hybridized carbons (Fsp3) is 0.300. The van der Waals surface area contributed by atoms with Gasteiger partial charge in [0.1, 0.15) is 18.2 Å². The maximum atomic E-state index is 15.4. The van der Waals surface area contributed by atoms with E-state index in [0.717, 1.165) is 34.1 Å². The first-order valence-electron chi connectivity index (χ1n) is 12.5. The van der Waals surface area contributed by atoms with Gasteiger partial charge in [-0.3, -0.25) is 4.79 Å². The van der Waals surface area contributed by atoms with Gasteiger partial charge in [0.05, 0.1) is 13.0 Å². The normalized spacial score (nSPS) is 13.2. The minimum absolute atomic E-state index is 0.144. The molecular weight excluding hydrogens is 455 g/mol. The summed E-state index contributed by atoms with van der Waals surface area (Å²) in [6.45, 7) is 3.52. The number of nitrogens with zero attached hydrogens (tertiary/aromatic N) is 1. The number of halogens is 1. The van der Waals surface area contributed by atoms with Crippen LogP contribution >= 0.6 is 0 Å². The first-order chi connectivity index (χ1) is 17.6. The lowest BCUT2D eigenvalue weighted by Gasteiger charge is -2.15. The summed E-state index contributed by atoms with van der Waals surface area (Å²) in [7, 11) is 0. The Morgan fingerprint density at radius 2 is 1.86 bits per heavy atom. The highest BCUT2D eigenvalue weighted by molar-refractivity contribution is 5.96. The molecule has 2 N–H and O–H groups in total. The molecule has 0 aliphatic heterocycles. The standard InChI is InChI=1S/C30H31FN2O3/c1-2-35-29(34)16-22-6-3-4-9-28(22)36-19-21-14-26(25-8-5-7-23(17-32)30(25)31)24-12-13-33(27(24)15-21)18-20-10-11-20/h3-9,12-15,20H,2,10-11,16-19,32H2,1H3. The van der Waals surface area contributed by atoms with Crippen molar-refractivity contribution in [2.24, 2.45) is 11.7 Å². The first kappa shape index (κ1) is 24.1. The summed E-state index contributed by atoms with van der Waals surface area (Å²) in [5.74, 6) is 0.771. The van der Waals surface area contributed by atoms with E-state index < -0.39 is 0 Å². The molecule has 5 rings (SSSR count). The van der Waals surface area contributed by atoms with Crippen LogP contribution in [0.25, 0.3) is 22.0 Å².